The van der Waals surface area contributed by atoms with Gasteiger partial charge >= 0.3 is 0 Å². The van der Waals surface area contributed by atoms with Gasteiger partial charge in [-0.1, -0.05) is 13.8 Å². The highest BCUT2D eigenvalue weighted by Gasteiger charge is 2.08. The highest BCUT2D eigenvalue weighted by molar-refractivity contribution is 7.71. The summed E-state index contributed by atoms with van der Waals surface area (Å²) in [6, 6.07) is 0. The number of nitrogens with one attached hydrogen (secondary N) is 1. The summed E-state index contributed by atoms with van der Waals surface area (Å²) in [6.45, 7) is 5.49. The second-order valence-corrected chi connectivity index (χ2v) is 3.37. The van der Waals surface area contributed by atoms with E-state index in [9.17, 15) is 0 Å². The zero-order valence-electron chi connectivity index (χ0n) is 7.37. The van der Waals surface area contributed by atoms with Crippen LogP contribution in [0.25, 0.3) is 0 Å². The number of nitrogens with two attached hydrogens (primary N) is 1. The Morgan fingerprint density at radius 2 is 2.33 bits per heavy atom. The van der Waals surface area contributed by atoms with E-state index >= 15 is 0 Å². The Balaban J connectivity index is 3.04. The maximum atomic E-state index is 5.45. The summed E-state index contributed by atoms with van der Waals surface area (Å²) in [6.07, 6.45) is 0. The molecule has 1 aromatic rings. The van der Waals surface area contributed by atoms with Gasteiger partial charge in [0.05, 0.1) is 0 Å². The van der Waals surface area contributed by atoms with Crippen molar-refractivity contribution in [3.05, 3.63) is 10.6 Å². The fraction of sp³-hybridized carbons (Fsp3) is 0.714. The van der Waals surface area contributed by atoms with Gasteiger partial charge in [-0.2, -0.15) is 5.10 Å². The van der Waals surface area contributed by atoms with Crippen LogP contribution in [0.1, 0.15) is 25.6 Å². The number of H-pyrrole nitrogens is 1. The molecule has 0 aromatic carbocycles. The van der Waals surface area contributed by atoms with Crippen molar-refractivity contribution in [1.29, 1.82) is 0 Å². The minimum absolute atomic E-state index is 0.379. The first-order chi connectivity index (χ1) is 5.66. The lowest BCUT2D eigenvalue weighted by Crippen LogP contribution is -2.13. The largest absolute Gasteiger partial charge is 0.329 e. The average molecular weight is 186 g/mol. The second-order valence-electron chi connectivity index (χ2n) is 2.98. The van der Waals surface area contributed by atoms with Crippen molar-refractivity contribution >= 4 is 12.2 Å². The van der Waals surface area contributed by atoms with E-state index in [-0.39, 0.29) is 0 Å². The third kappa shape index (κ3) is 1.73. The molecule has 1 rings (SSSR count). The minimum Gasteiger partial charge on any atom is -0.329 e. The molecule has 0 aliphatic carbocycles. The van der Waals surface area contributed by atoms with Gasteiger partial charge in [-0.05, 0) is 12.2 Å². The molecule has 0 saturated heterocycles. The van der Waals surface area contributed by atoms with Crippen LogP contribution in [0.3, 0.4) is 0 Å². The molecule has 0 spiro atoms. The summed E-state index contributed by atoms with van der Waals surface area (Å²) in [7, 11) is 0. The molecule has 0 bridgehead atoms. The summed E-state index contributed by atoms with van der Waals surface area (Å²) >= 11 is 5.05. The van der Waals surface area contributed by atoms with Gasteiger partial charge in [-0.25, -0.2) is 0 Å². The van der Waals surface area contributed by atoms with Crippen molar-refractivity contribution in [1.82, 2.24) is 14.8 Å². The zero-order valence-corrected chi connectivity index (χ0v) is 8.19. The highest BCUT2D eigenvalue weighted by Crippen LogP contribution is 2.10. The van der Waals surface area contributed by atoms with Gasteiger partial charge < -0.3 is 10.3 Å². The second kappa shape index (κ2) is 3.82. The van der Waals surface area contributed by atoms with Crippen LogP contribution in [0.2, 0.25) is 0 Å². The minimum atomic E-state index is 0.379. The first-order valence-corrected chi connectivity index (χ1v) is 4.42. The molecule has 1 heterocycles. The first-order valence-electron chi connectivity index (χ1n) is 4.02. The maximum Gasteiger partial charge on any atom is 0.195 e. The van der Waals surface area contributed by atoms with Crippen molar-refractivity contribution < 1.29 is 0 Å². The Kier molecular flexibility index (Phi) is 2.99. The predicted molar refractivity (Wildman–Crippen MR) is 50.6 cm³/mol. The average Bonchev–Trinajstić information content (AvgIpc) is 2.34. The molecular weight excluding hydrogens is 172 g/mol. The van der Waals surface area contributed by atoms with Crippen LogP contribution in [0, 0.1) is 4.77 Å². The zero-order chi connectivity index (χ0) is 9.14. The first kappa shape index (κ1) is 9.41. The molecule has 3 N–H and O–H groups in total. The van der Waals surface area contributed by atoms with Crippen LogP contribution < -0.4 is 5.73 Å². The SMILES string of the molecule is CC(C)c1n[nH]c(=S)n1CCN. The van der Waals surface area contributed by atoms with E-state index in [2.05, 4.69) is 24.0 Å². The van der Waals surface area contributed by atoms with Gasteiger partial charge in [0.25, 0.3) is 0 Å². The van der Waals surface area contributed by atoms with Crippen LogP contribution in [-0.2, 0) is 6.54 Å². The van der Waals surface area contributed by atoms with Gasteiger partial charge in [0.1, 0.15) is 5.82 Å². The number of aromatic nitrogens is 3. The van der Waals surface area contributed by atoms with Crippen LogP contribution in [0.5, 0.6) is 0 Å². The number of hydrogen-bond donors (Lipinski definition) is 2. The molecular formula is C7H14N4S. The summed E-state index contributed by atoms with van der Waals surface area (Å²) in [5.74, 6) is 1.36. The standard InChI is InChI=1S/C7H14N4S/c1-5(2)6-9-10-7(12)11(6)4-3-8/h5H,3-4,8H2,1-2H3,(H,10,12). The van der Waals surface area contributed by atoms with Crippen LogP contribution in [0.15, 0.2) is 0 Å². The highest BCUT2D eigenvalue weighted by atomic mass is 32.1. The van der Waals surface area contributed by atoms with E-state index in [0.717, 1.165) is 12.4 Å². The molecule has 5 heteroatoms. The molecule has 0 aliphatic rings. The van der Waals surface area contributed by atoms with Crippen LogP contribution >= 0.6 is 12.2 Å². The van der Waals surface area contributed by atoms with E-state index in [4.69, 9.17) is 18.0 Å². The van der Waals surface area contributed by atoms with Gasteiger partial charge in [0, 0.05) is 19.0 Å². The van der Waals surface area contributed by atoms with E-state index in [1.165, 1.54) is 0 Å². The quantitative estimate of drug-likeness (QED) is 0.693. The Hall–Kier alpha value is -0.680. The lowest BCUT2D eigenvalue weighted by molar-refractivity contribution is 0.622. The predicted octanol–water partition coefficient (Wildman–Crippen LogP) is 1.02. The topological polar surface area (TPSA) is 59.6 Å². The third-order valence-corrected chi connectivity index (χ3v) is 1.97. The number of hydrogen-bond acceptors (Lipinski definition) is 3. The van der Waals surface area contributed by atoms with Crippen LogP contribution in [-0.4, -0.2) is 21.3 Å². The smallest absolute Gasteiger partial charge is 0.195 e. The summed E-state index contributed by atoms with van der Waals surface area (Å²) < 4.78 is 2.60. The number of rotatable bonds is 3. The van der Waals surface area contributed by atoms with Gasteiger partial charge in [-0.3, -0.25) is 5.10 Å². The molecule has 1 aromatic heterocycles. The Morgan fingerprint density at radius 3 is 2.83 bits per heavy atom. The lowest BCUT2D eigenvalue weighted by atomic mass is 10.2. The van der Waals surface area contributed by atoms with Crippen molar-refractivity contribution in [2.24, 2.45) is 5.73 Å². The van der Waals surface area contributed by atoms with E-state index in [1.54, 1.807) is 0 Å². The van der Waals surface area contributed by atoms with Crippen LogP contribution in [0.4, 0.5) is 0 Å². The number of nitrogens with zero attached hydrogens (tertiary/aromatic N) is 2. The van der Waals surface area contributed by atoms with Gasteiger partial charge in [0.15, 0.2) is 4.77 Å². The number of aromatic amines is 1. The van der Waals surface area contributed by atoms with Crippen molar-refractivity contribution in [3.63, 3.8) is 0 Å². The molecule has 0 atom stereocenters. The third-order valence-electron chi connectivity index (χ3n) is 1.66. The molecule has 0 radical (unpaired) electrons. The van der Waals surface area contributed by atoms with Crippen molar-refractivity contribution in [2.75, 3.05) is 6.54 Å². The molecule has 0 fully saturated rings. The summed E-state index contributed by atoms with van der Waals surface area (Å²) in [5, 5.41) is 6.89. The van der Waals surface area contributed by atoms with Gasteiger partial charge in [0.2, 0.25) is 0 Å². The van der Waals surface area contributed by atoms with E-state index in [0.29, 0.717) is 17.2 Å². The Bertz CT molecular complexity index is 299. The fourth-order valence-electron chi connectivity index (χ4n) is 1.12. The molecule has 0 amide bonds. The Labute approximate surface area is 76.8 Å². The lowest BCUT2D eigenvalue weighted by Gasteiger charge is -2.06. The van der Waals surface area contributed by atoms with Gasteiger partial charge in [-0.15, -0.1) is 0 Å². The molecule has 0 unspecified atom stereocenters. The molecule has 4 nitrogen and oxygen atoms in total. The van der Waals surface area contributed by atoms with Crippen molar-refractivity contribution in [3.8, 4) is 0 Å². The normalized spacial score (nSPS) is 11.0. The van der Waals surface area contributed by atoms with E-state index < -0.39 is 0 Å². The van der Waals surface area contributed by atoms with Crippen molar-refractivity contribution in [2.45, 2.75) is 26.3 Å². The van der Waals surface area contributed by atoms with E-state index in [1.807, 2.05) is 4.57 Å². The summed E-state index contributed by atoms with van der Waals surface area (Å²) in [4.78, 5) is 0. The molecule has 0 aliphatic heterocycles. The maximum absolute atomic E-state index is 5.45. The molecule has 0 saturated carbocycles. The molecule has 12 heavy (non-hydrogen) atoms. The monoisotopic (exact) mass is 186 g/mol. The fourth-order valence-corrected chi connectivity index (χ4v) is 1.35. The molecule has 68 valence electrons. The summed E-state index contributed by atoms with van der Waals surface area (Å²) in [5.41, 5.74) is 5.45. The Morgan fingerprint density at radius 1 is 1.67 bits per heavy atom.